The first kappa shape index (κ1) is 13.2. The molecular weight excluding hydrogens is 262 g/mol. The molecule has 0 bridgehead atoms. The van der Waals surface area contributed by atoms with Crippen LogP contribution in [0.5, 0.6) is 0 Å². The van der Waals surface area contributed by atoms with Gasteiger partial charge in [0, 0.05) is 17.3 Å². The molecule has 98 valence electrons. The van der Waals surface area contributed by atoms with E-state index in [0.29, 0.717) is 12.5 Å². The summed E-state index contributed by atoms with van der Waals surface area (Å²) in [5.74, 6) is -0.716. The maximum Gasteiger partial charge on any atom is 0.417 e. The van der Waals surface area contributed by atoms with Crippen LogP contribution < -0.4 is 0 Å². The first-order valence-corrected chi connectivity index (χ1v) is 5.21. The van der Waals surface area contributed by atoms with Crippen molar-refractivity contribution < 1.29 is 22.4 Å². The zero-order valence-corrected chi connectivity index (χ0v) is 9.41. The second-order valence-corrected chi connectivity index (χ2v) is 3.75. The van der Waals surface area contributed by atoms with Crippen LogP contribution in [0, 0.1) is 5.82 Å². The zero-order valence-electron chi connectivity index (χ0n) is 9.41. The minimum Gasteiger partial charge on any atom is -0.296 e. The summed E-state index contributed by atoms with van der Waals surface area (Å²) < 4.78 is 51.4. The predicted molar refractivity (Wildman–Crippen MR) is 60.0 cm³/mol. The molecule has 0 amide bonds. The molecule has 0 unspecified atom stereocenters. The van der Waals surface area contributed by atoms with Gasteiger partial charge in [0.25, 0.3) is 0 Å². The summed E-state index contributed by atoms with van der Waals surface area (Å²) in [6.07, 6.45) is -3.76. The average molecular weight is 269 g/mol. The van der Waals surface area contributed by atoms with Crippen molar-refractivity contribution in [3.8, 4) is 11.1 Å². The Labute approximate surface area is 105 Å². The van der Waals surface area contributed by atoms with Crippen LogP contribution in [-0.2, 0) is 6.18 Å². The van der Waals surface area contributed by atoms with Gasteiger partial charge in [-0.05, 0) is 12.1 Å². The maximum atomic E-state index is 13.6. The fraction of sp³-hybridized carbons (Fsp3) is 0.0769. The van der Waals surface area contributed by atoms with Gasteiger partial charge < -0.3 is 0 Å². The number of carbonyl (C=O) groups is 1. The fourth-order valence-electron chi connectivity index (χ4n) is 1.62. The molecule has 0 radical (unpaired) electrons. The molecule has 1 aromatic heterocycles. The lowest BCUT2D eigenvalue weighted by Gasteiger charge is -2.10. The molecule has 1 aromatic carbocycles. The summed E-state index contributed by atoms with van der Waals surface area (Å²) in [5, 5.41) is 0. The molecular formula is C13H7F4NO. The number of benzene rings is 1. The average Bonchev–Trinajstić information content (AvgIpc) is 2.37. The van der Waals surface area contributed by atoms with Gasteiger partial charge in [-0.15, -0.1) is 0 Å². The Morgan fingerprint density at radius 2 is 1.79 bits per heavy atom. The second kappa shape index (κ2) is 4.79. The van der Waals surface area contributed by atoms with Gasteiger partial charge in [0.1, 0.15) is 11.5 Å². The molecule has 0 aliphatic rings. The molecule has 0 atom stereocenters. The Morgan fingerprint density at radius 3 is 2.37 bits per heavy atom. The molecule has 0 aliphatic heterocycles. The Balaban J connectivity index is 2.67. The van der Waals surface area contributed by atoms with Crippen molar-refractivity contribution in [2.45, 2.75) is 6.18 Å². The topological polar surface area (TPSA) is 30.0 Å². The van der Waals surface area contributed by atoms with Crippen LogP contribution in [-0.4, -0.2) is 11.3 Å². The molecule has 2 nitrogen and oxygen atoms in total. The molecule has 0 aliphatic carbocycles. The van der Waals surface area contributed by atoms with Crippen LogP contribution in [0.1, 0.15) is 16.1 Å². The van der Waals surface area contributed by atoms with Crippen LogP contribution in [0.15, 0.2) is 36.5 Å². The Morgan fingerprint density at radius 1 is 1.11 bits per heavy atom. The Bertz CT molecular complexity index is 622. The minimum absolute atomic E-state index is 0.0943. The summed E-state index contributed by atoms with van der Waals surface area (Å²) >= 11 is 0. The largest absolute Gasteiger partial charge is 0.417 e. The monoisotopic (exact) mass is 269 g/mol. The molecule has 19 heavy (non-hydrogen) atoms. The van der Waals surface area contributed by atoms with E-state index in [0.717, 1.165) is 12.1 Å². The van der Waals surface area contributed by atoms with Gasteiger partial charge in [-0.1, -0.05) is 18.2 Å². The zero-order chi connectivity index (χ0) is 14.0. The first-order chi connectivity index (χ1) is 8.93. The molecule has 0 fully saturated rings. The van der Waals surface area contributed by atoms with Crippen molar-refractivity contribution in [2.75, 3.05) is 0 Å². The van der Waals surface area contributed by atoms with E-state index in [1.54, 1.807) is 0 Å². The summed E-state index contributed by atoms with van der Waals surface area (Å²) in [7, 11) is 0. The highest BCUT2D eigenvalue weighted by molar-refractivity contribution is 5.85. The third-order valence-electron chi connectivity index (χ3n) is 2.52. The number of alkyl halides is 3. The van der Waals surface area contributed by atoms with E-state index >= 15 is 0 Å². The highest BCUT2D eigenvalue weighted by Crippen LogP contribution is 2.33. The molecule has 0 saturated heterocycles. The van der Waals surface area contributed by atoms with Gasteiger partial charge in [-0.25, -0.2) is 4.39 Å². The number of aromatic nitrogens is 1. The normalized spacial score (nSPS) is 11.4. The first-order valence-electron chi connectivity index (χ1n) is 5.21. The molecule has 6 heteroatoms. The summed E-state index contributed by atoms with van der Waals surface area (Å²) in [6.45, 7) is 0. The van der Waals surface area contributed by atoms with Crippen molar-refractivity contribution in [3.05, 3.63) is 53.6 Å². The molecule has 0 saturated carbocycles. The smallest absolute Gasteiger partial charge is 0.296 e. The number of hydrogen-bond acceptors (Lipinski definition) is 2. The van der Waals surface area contributed by atoms with Gasteiger partial charge in [0.05, 0.1) is 5.56 Å². The number of carbonyl (C=O) groups excluding carboxylic acids is 1. The number of pyridine rings is 1. The van der Waals surface area contributed by atoms with E-state index in [1.807, 2.05) is 0 Å². The number of nitrogens with zero attached hydrogens (tertiary/aromatic N) is 1. The lowest BCUT2D eigenvalue weighted by Crippen LogP contribution is -2.07. The van der Waals surface area contributed by atoms with Crippen LogP contribution >= 0.6 is 0 Å². The van der Waals surface area contributed by atoms with Crippen molar-refractivity contribution in [3.63, 3.8) is 0 Å². The lowest BCUT2D eigenvalue weighted by molar-refractivity contribution is -0.137. The summed E-state index contributed by atoms with van der Waals surface area (Å²) in [6, 6.07) is 5.98. The number of hydrogen-bond donors (Lipinski definition) is 0. The van der Waals surface area contributed by atoms with Crippen molar-refractivity contribution in [1.29, 1.82) is 0 Å². The van der Waals surface area contributed by atoms with E-state index in [-0.39, 0.29) is 16.8 Å². The van der Waals surface area contributed by atoms with E-state index in [4.69, 9.17) is 0 Å². The Kier molecular flexibility index (Phi) is 3.33. The van der Waals surface area contributed by atoms with E-state index < -0.39 is 17.6 Å². The third kappa shape index (κ3) is 2.62. The van der Waals surface area contributed by atoms with Crippen LogP contribution in [0.25, 0.3) is 11.1 Å². The minimum atomic E-state index is -4.60. The fourth-order valence-corrected chi connectivity index (χ4v) is 1.62. The quantitative estimate of drug-likeness (QED) is 0.614. The summed E-state index contributed by atoms with van der Waals surface area (Å²) in [4.78, 5) is 14.2. The molecule has 2 rings (SSSR count). The van der Waals surface area contributed by atoms with Crippen molar-refractivity contribution >= 4 is 6.29 Å². The van der Waals surface area contributed by atoms with Gasteiger partial charge in [0.2, 0.25) is 0 Å². The summed E-state index contributed by atoms with van der Waals surface area (Å²) in [5.41, 5.74) is -1.54. The molecule has 0 spiro atoms. The SMILES string of the molecule is O=Cc1ncc(C(F)(F)F)cc1-c1ccccc1F. The number of rotatable bonds is 2. The van der Waals surface area contributed by atoms with Crippen LogP contribution in [0.3, 0.4) is 0 Å². The third-order valence-corrected chi connectivity index (χ3v) is 2.52. The van der Waals surface area contributed by atoms with Gasteiger partial charge in [-0.3, -0.25) is 9.78 Å². The van der Waals surface area contributed by atoms with E-state index in [1.165, 1.54) is 18.2 Å². The molecule has 0 N–H and O–H groups in total. The van der Waals surface area contributed by atoms with Crippen LogP contribution in [0.2, 0.25) is 0 Å². The van der Waals surface area contributed by atoms with Crippen LogP contribution in [0.4, 0.5) is 17.6 Å². The van der Waals surface area contributed by atoms with Gasteiger partial charge in [0.15, 0.2) is 6.29 Å². The second-order valence-electron chi connectivity index (χ2n) is 3.75. The molecule has 1 heterocycles. The van der Waals surface area contributed by atoms with Gasteiger partial charge >= 0.3 is 6.18 Å². The Hall–Kier alpha value is -2.24. The molecule has 2 aromatic rings. The maximum absolute atomic E-state index is 13.6. The standard InChI is InChI=1S/C13H7F4NO/c14-11-4-2-1-3-9(11)10-5-8(13(15,16)17)6-18-12(10)7-19/h1-7H. The highest BCUT2D eigenvalue weighted by atomic mass is 19.4. The van der Waals surface area contributed by atoms with Crippen molar-refractivity contribution in [1.82, 2.24) is 4.98 Å². The van der Waals surface area contributed by atoms with Crippen molar-refractivity contribution in [2.24, 2.45) is 0 Å². The number of halogens is 4. The van der Waals surface area contributed by atoms with E-state index in [2.05, 4.69) is 4.98 Å². The number of aldehydes is 1. The predicted octanol–water partition coefficient (Wildman–Crippen LogP) is 3.72. The van der Waals surface area contributed by atoms with E-state index in [9.17, 15) is 22.4 Å². The highest BCUT2D eigenvalue weighted by Gasteiger charge is 2.32. The lowest BCUT2D eigenvalue weighted by atomic mass is 10.0. The van der Waals surface area contributed by atoms with Gasteiger partial charge in [-0.2, -0.15) is 13.2 Å².